The van der Waals surface area contributed by atoms with Crippen molar-refractivity contribution in [3.05, 3.63) is 60.4 Å². The van der Waals surface area contributed by atoms with Crippen molar-refractivity contribution >= 4 is 28.7 Å². The Morgan fingerprint density at radius 1 is 1.00 bits per heavy atom. The number of halogens is 3. The fourth-order valence-corrected chi connectivity index (χ4v) is 2.45. The highest BCUT2D eigenvalue weighted by atomic mass is 19.4. The summed E-state index contributed by atoms with van der Waals surface area (Å²) in [6, 6.07) is 13.4. The first-order valence-electron chi connectivity index (χ1n) is 7.53. The summed E-state index contributed by atoms with van der Waals surface area (Å²) in [6.07, 6.45) is -4.73. The van der Waals surface area contributed by atoms with Crippen LogP contribution in [0, 0.1) is 0 Å². The van der Waals surface area contributed by atoms with Crippen molar-refractivity contribution in [3.8, 4) is 0 Å². The number of carbonyl (C=O) groups is 2. The molecule has 134 valence electrons. The highest BCUT2D eigenvalue weighted by Gasteiger charge is 2.38. The summed E-state index contributed by atoms with van der Waals surface area (Å²) in [4.78, 5) is 27.4. The normalized spacial score (nSPS) is 11.3. The van der Waals surface area contributed by atoms with Gasteiger partial charge in [0.2, 0.25) is 11.7 Å². The zero-order valence-electron chi connectivity index (χ0n) is 13.2. The Balaban J connectivity index is 1.78. The van der Waals surface area contributed by atoms with E-state index in [4.69, 9.17) is 0 Å². The number of imidazole rings is 1. The van der Waals surface area contributed by atoms with Crippen LogP contribution in [-0.2, 0) is 17.5 Å². The number of aromatic nitrogens is 2. The first-order valence-corrected chi connectivity index (χ1v) is 7.53. The molecule has 2 aromatic carbocycles. The highest BCUT2D eigenvalue weighted by Crippen LogP contribution is 2.31. The molecule has 0 aliphatic rings. The van der Waals surface area contributed by atoms with Gasteiger partial charge in [-0.15, -0.1) is 0 Å². The van der Waals surface area contributed by atoms with E-state index in [0.717, 1.165) is 4.57 Å². The van der Waals surface area contributed by atoms with Crippen molar-refractivity contribution in [1.82, 2.24) is 14.9 Å². The number of anilines is 1. The molecule has 0 bridgehead atoms. The Morgan fingerprint density at radius 2 is 1.65 bits per heavy atom. The predicted molar refractivity (Wildman–Crippen MR) is 88.3 cm³/mol. The standard InChI is InChI=1S/C17H13F3N4O2/c18-17(19,20)15-22-12-8-4-5-9-13(12)24(15)10-14(25)23-16(26)21-11-6-2-1-3-7-11/h1-9H,10H2,(H2,21,23,25,26). The molecule has 0 spiro atoms. The second kappa shape index (κ2) is 6.87. The van der Waals surface area contributed by atoms with Gasteiger partial charge in [-0.05, 0) is 24.3 Å². The number of benzene rings is 2. The first kappa shape index (κ1) is 17.5. The molecule has 3 amide bonds. The lowest BCUT2D eigenvalue weighted by atomic mass is 10.3. The number of urea groups is 1. The van der Waals surface area contributed by atoms with Crippen LogP contribution in [0.2, 0.25) is 0 Å². The second-order valence-corrected chi connectivity index (χ2v) is 5.38. The van der Waals surface area contributed by atoms with Gasteiger partial charge in [0.05, 0.1) is 11.0 Å². The Morgan fingerprint density at radius 3 is 2.35 bits per heavy atom. The number of hydrogen-bond donors (Lipinski definition) is 2. The molecule has 0 saturated heterocycles. The van der Waals surface area contributed by atoms with E-state index in [9.17, 15) is 22.8 Å². The molecule has 0 unspecified atom stereocenters. The van der Waals surface area contributed by atoms with Gasteiger partial charge in [-0.25, -0.2) is 9.78 Å². The summed E-state index contributed by atoms with van der Waals surface area (Å²) in [5.74, 6) is -2.09. The molecule has 0 atom stereocenters. The number of alkyl halides is 3. The third-order valence-electron chi connectivity index (χ3n) is 3.49. The summed E-state index contributed by atoms with van der Waals surface area (Å²) in [5, 5.41) is 4.42. The average Bonchev–Trinajstić information content (AvgIpc) is 2.94. The summed E-state index contributed by atoms with van der Waals surface area (Å²) in [6.45, 7) is -0.697. The van der Waals surface area contributed by atoms with Crippen LogP contribution in [0.1, 0.15) is 5.82 Å². The number of nitrogens with zero attached hydrogens (tertiary/aromatic N) is 2. The molecule has 1 aromatic heterocycles. The van der Waals surface area contributed by atoms with E-state index in [2.05, 4.69) is 10.3 Å². The zero-order valence-corrected chi connectivity index (χ0v) is 13.2. The molecule has 1 heterocycles. The zero-order chi connectivity index (χ0) is 18.7. The minimum atomic E-state index is -4.73. The maximum absolute atomic E-state index is 13.2. The molecule has 9 heteroatoms. The number of rotatable bonds is 3. The molecular weight excluding hydrogens is 349 g/mol. The summed E-state index contributed by atoms with van der Waals surface area (Å²) in [5.41, 5.74) is 0.710. The van der Waals surface area contributed by atoms with Crippen molar-refractivity contribution in [2.45, 2.75) is 12.7 Å². The van der Waals surface area contributed by atoms with Crippen LogP contribution in [0.15, 0.2) is 54.6 Å². The van der Waals surface area contributed by atoms with Crippen LogP contribution in [0.25, 0.3) is 11.0 Å². The van der Waals surface area contributed by atoms with Gasteiger partial charge in [-0.3, -0.25) is 10.1 Å². The maximum Gasteiger partial charge on any atom is 0.449 e. The number of imide groups is 1. The number of nitrogens with one attached hydrogen (secondary N) is 2. The van der Waals surface area contributed by atoms with Crippen molar-refractivity contribution in [2.75, 3.05) is 5.32 Å². The van der Waals surface area contributed by atoms with Crippen molar-refractivity contribution in [3.63, 3.8) is 0 Å². The van der Waals surface area contributed by atoms with Crippen molar-refractivity contribution in [1.29, 1.82) is 0 Å². The van der Waals surface area contributed by atoms with E-state index >= 15 is 0 Å². The van der Waals surface area contributed by atoms with Crippen LogP contribution in [0.5, 0.6) is 0 Å². The van der Waals surface area contributed by atoms with Crippen LogP contribution in [0.3, 0.4) is 0 Å². The number of fused-ring (bicyclic) bond motifs is 1. The molecular formula is C17H13F3N4O2. The monoisotopic (exact) mass is 362 g/mol. The third kappa shape index (κ3) is 3.82. The minimum absolute atomic E-state index is 0.112. The van der Waals surface area contributed by atoms with Crippen LogP contribution in [0.4, 0.5) is 23.7 Å². The predicted octanol–water partition coefficient (Wildman–Crippen LogP) is 3.40. The largest absolute Gasteiger partial charge is 0.449 e. The molecule has 3 aromatic rings. The quantitative estimate of drug-likeness (QED) is 0.750. The van der Waals surface area contributed by atoms with Gasteiger partial charge in [-0.1, -0.05) is 30.3 Å². The van der Waals surface area contributed by atoms with E-state index in [0.29, 0.717) is 5.69 Å². The smallest absolute Gasteiger partial charge is 0.311 e. The topological polar surface area (TPSA) is 76.0 Å². The summed E-state index contributed by atoms with van der Waals surface area (Å²) < 4.78 is 40.3. The number of hydrogen-bond acceptors (Lipinski definition) is 3. The van der Waals surface area contributed by atoms with E-state index < -0.39 is 30.5 Å². The molecule has 6 nitrogen and oxygen atoms in total. The van der Waals surface area contributed by atoms with E-state index in [1.54, 1.807) is 42.5 Å². The highest BCUT2D eigenvalue weighted by molar-refractivity contribution is 6.01. The lowest BCUT2D eigenvalue weighted by Gasteiger charge is -2.11. The van der Waals surface area contributed by atoms with Gasteiger partial charge in [0.15, 0.2) is 0 Å². The molecule has 3 rings (SSSR count). The van der Waals surface area contributed by atoms with E-state index in [1.165, 1.54) is 12.1 Å². The lowest BCUT2D eigenvalue weighted by Crippen LogP contribution is -2.37. The van der Waals surface area contributed by atoms with Gasteiger partial charge < -0.3 is 9.88 Å². The van der Waals surface area contributed by atoms with Crippen LogP contribution >= 0.6 is 0 Å². The average molecular weight is 362 g/mol. The molecule has 26 heavy (non-hydrogen) atoms. The minimum Gasteiger partial charge on any atom is -0.311 e. The van der Waals surface area contributed by atoms with E-state index in [-0.39, 0.29) is 11.0 Å². The fourth-order valence-electron chi connectivity index (χ4n) is 2.45. The number of para-hydroxylation sites is 3. The number of amides is 3. The summed E-state index contributed by atoms with van der Waals surface area (Å²) in [7, 11) is 0. The van der Waals surface area contributed by atoms with Crippen molar-refractivity contribution in [2.24, 2.45) is 0 Å². The molecule has 0 saturated carbocycles. The Bertz CT molecular complexity index is 952. The second-order valence-electron chi connectivity index (χ2n) is 5.38. The summed E-state index contributed by atoms with van der Waals surface area (Å²) >= 11 is 0. The van der Waals surface area contributed by atoms with Gasteiger partial charge >= 0.3 is 12.2 Å². The maximum atomic E-state index is 13.2. The fraction of sp³-hybridized carbons (Fsp3) is 0.118. The Kier molecular flexibility index (Phi) is 4.61. The Labute approximate surface area is 145 Å². The van der Waals surface area contributed by atoms with Gasteiger partial charge in [0.1, 0.15) is 6.54 Å². The van der Waals surface area contributed by atoms with Gasteiger partial charge in [-0.2, -0.15) is 13.2 Å². The molecule has 2 N–H and O–H groups in total. The third-order valence-corrected chi connectivity index (χ3v) is 3.49. The SMILES string of the molecule is O=C(Cn1c(C(F)(F)F)nc2ccccc21)NC(=O)Nc1ccccc1. The first-order chi connectivity index (χ1) is 12.3. The number of carbonyl (C=O) groups excluding carboxylic acids is 2. The van der Waals surface area contributed by atoms with Crippen LogP contribution < -0.4 is 10.6 Å². The van der Waals surface area contributed by atoms with E-state index in [1.807, 2.05) is 5.32 Å². The molecule has 0 fully saturated rings. The van der Waals surface area contributed by atoms with Crippen molar-refractivity contribution < 1.29 is 22.8 Å². The molecule has 0 aliphatic heterocycles. The Hall–Kier alpha value is -3.36. The van der Waals surface area contributed by atoms with Gasteiger partial charge in [0.25, 0.3) is 0 Å². The lowest BCUT2D eigenvalue weighted by molar-refractivity contribution is -0.147. The molecule has 0 aliphatic carbocycles. The molecule has 0 radical (unpaired) electrons. The van der Waals surface area contributed by atoms with Crippen LogP contribution in [-0.4, -0.2) is 21.5 Å². The van der Waals surface area contributed by atoms with Gasteiger partial charge in [0, 0.05) is 5.69 Å².